The van der Waals surface area contributed by atoms with Gasteiger partial charge in [-0.15, -0.1) is 0 Å². The van der Waals surface area contributed by atoms with Crippen LogP contribution in [0.3, 0.4) is 0 Å². The first-order chi connectivity index (χ1) is 15.9. The van der Waals surface area contributed by atoms with E-state index in [4.69, 9.17) is 9.98 Å². The lowest BCUT2D eigenvalue weighted by molar-refractivity contribution is 1.15. The quantitative estimate of drug-likeness (QED) is 0.448. The Labute approximate surface area is 180 Å². The minimum Gasteiger partial charge on any atom is -0.359 e. The van der Waals surface area contributed by atoms with Crippen LogP contribution >= 0.6 is 0 Å². The van der Waals surface area contributed by atoms with Crippen LogP contribution in [-0.4, -0.2) is 34.9 Å². The fourth-order valence-corrected chi connectivity index (χ4v) is 3.62. The van der Waals surface area contributed by atoms with Crippen LogP contribution in [0.15, 0.2) is 90.2 Å². The Morgan fingerprint density at radius 3 is 1.66 bits per heavy atom. The molecule has 0 radical (unpaired) electrons. The van der Waals surface area contributed by atoms with E-state index in [1.54, 1.807) is 37.2 Å². The molecule has 9 nitrogen and oxygen atoms in total. The molecule has 2 aliphatic heterocycles. The van der Waals surface area contributed by atoms with Gasteiger partial charge in [-0.1, -0.05) is 0 Å². The van der Waals surface area contributed by atoms with Crippen molar-refractivity contribution in [2.24, 2.45) is 9.98 Å². The van der Waals surface area contributed by atoms with Crippen LogP contribution in [-0.2, 0) is 0 Å². The van der Waals surface area contributed by atoms with Gasteiger partial charge in [-0.2, -0.15) is 0 Å². The van der Waals surface area contributed by atoms with Crippen LogP contribution in [0.2, 0.25) is 0 Å². The molecule has 0 saturated heterocycles. The third kappa shape index (κ3) is 3.08. The predicted octanol–water partition coefficient (Wildman–Crippen LogP) is 3.19. The Morgan fingerprint density at radius 2 is 1.12 bits per heavy atom. The molecule has 9 heteroatoms. The molecule has 0 fully saturated rings. The van der Waals surface area contributed by atoms with E-state index in [-0.39, 0.29) is 0 Å². The van der Waals surface area contributed by atoms with Gasteiger partial charge >= 0.3 is 0 Å². The molecule has 0 atom stereocenters. The Balaban J connectivity index is 1.57. The molecule has 0 unspecified atom stereocenters. The van der Waals surface area contributed by atoms with E-state index in [2.05, 4.69) is 34.9 Å². The summed E-state index contributed by atoms with van der Waals surface area (Å²) in [7, 11) is 0. The lowest BCUT2D eigenvalue weighted by Gasteiger charge is -1.97. The lowest BCUT2D eigenvalue weighted by atomic mass is 10.2. The number of rotatable bonds is 2. The van der Waals surface area contributed by atoms with Gasteiger partial charge in [0.1, 0.15) is 17.0 Å². The lowest BCUT2D eigenvalue weighted by Crippen LogP contribution is -2.00. The summed E-state index contributed by atoms with van der Waals surface area (Å²) in [5, 5.41) is 3.35. The van der Waals surface area contributed by atoms with Gasteiger partial charge in [-0.3, -0.25) is 15.0 Å². The standard InChI is InChI=1S/C23H15N9/c1-5-24-11-18(20-14(1)3-7-27-20)31-22-16-9-26-10-17(16)23(30-13-29-22)32-19-12-25-6-2-15-4-8-28-21(15)19/h1-13,27-28H/b31-18-,32-19?. The number of H-pyrrole nitrogens is 2. The maximum absolute atomic E-state index is 4.78. The van der Waals surface area contributed by atoms with Gasteiger partial charge in [0.05, 0.1) is 34.6 Å². The number of hydrogen-bond donors (Lipinski definition) is 2. The largest absolute Gasteiger partial charge is 0.359 e. The number of aromatic amines is 2. The molecular weight excluding hydrogens is 402 g/mol. The van der Waals surface area contributed by atoms with Crippen LogP contribution in [0.5, 0.6) is 0 Å². The molecule has 6 rings (SSSR count). The van der Waals surface area contributed by atoms with E-state index in [1.807, 2.05) is 36.7 Å². The van der Waals surface area contributed by atoms with Gasteiger partial charge in [-0.25, -0.2) is 20.0 Å². The van der Waals surface area contributed by atoms with Crippen molar-refractivity contribution in [2.45, 2.75) is 0 Å². The minimum atomic E-state index is 0.483. The second-order valence-electron chi connectivity index (χ2n) is 7.05. The molecular formula is C23H15N9. The topological polar surface area (TPSA) is 121 Å². The van der Waals surface area contributed by atoms with Gasteiger partial charge in [0.25, 0.3) is 0 Å². The van der Waals surface area contributed by atoms with E-state index in [9.17, 15) is 0 Å². The van der Waals surface area contributed by atoms with E-state index in [0.717, 1.165) is 32.9 Å². The average Bonchev–Trinajstić information content (AvgIpc) is 3.51. The number of fused-ring (bicyclic) bond motifs is 3. The second-order valence-corrected chi connectivity index (χ2v) is 7.05. The zero-order valence-electron chi connectivity index (χ0n) is 16.6. The van der Waals surface area contributed by atoms with Gasteiger partial charge in [-0.05, 0) is 24.3 Å². The van der Waals surface area contributed by atoms with E-state index in [1.165, 1.54) is 6.33 Å². The van der Waals surface area contributed by atoms with Crippen LogP contribution in [0.25, 0.3) is 32.9 Å². The molecule has 2 aliphatic rings. The average molecular weight is 417 g/mol. The summed E-state index contributed by atoms with van der Waals surface area (Å²) in [6.07, 6.45) is 15.5. The summed E-state index contributed by atoms with van der Waals surface area (Å²) < 4.78 is 0. The first-order valence-corrected chi connectivity index (χ1v) is 9.88. The fourth-order valence-electron chi connectivity index (χ4n) is 3.62. The van der Waals surface area contributed by atoms with Crippen molar-refractivity contribution < 1.29 is 0 Å². The molecule has 0 aromatic carbocycles. The minimum absolute atomic E-state index is 0.483. The molecule has 4 aromatic rings. The van der Waals surface area contributed by atoms with Gasteiger partial charge in [0.2, 0.25) is 0 Å². The summed E-state index contributed by atoms with van der Waals surface area (Å²) in [6.45, 7) is 0. The highest BCUT2D eigenvalue weighted by atomic mass is 15.0. The van der Waals surface area contributed by atoms with Crippen LogP contribution < -0.4 is 10.7 Å². The second kappa shape index (κ2) is 7.47. The Bertz CT molecular complexity index is 1570. The zero-order chi connectivity index (χ0) is 21.3. The highest BCUT2D eigenvalue weighted by molar-refractivity contribution is 5.82. The SMILES string of the molecule is c1cc2cc[nH]c2c(=Nc2ncnc(/N=c3/cnccc4cc[nH]c34)c3cncc2-3)cn1. The van der Waals surface area contributed by atoms with Crippen molar-refractivity contribution in [1.82, 2.24) is 34.9 Å². The molecule has 0 saturated carbocycles. The molecule has 152 valence electrons. The maximum atomic E-state index is 4.78. The van der Waals surface area contributed by atoms with E-state index < -0.39 is 0 Å². The normalized spacial score (nSPS) is 12.8. The van der Waals surface area contributed by atoms with Gasteiger partial charge < -0.3 is 9.97 Å². The number of nitrogens with one attached hydrogen (secondary N) is 2. The van der Waals surface area contributed by atoms with Crippen molar-refractivity contribution in [3.05, 3.63) is 90.9 Å². The number of aromatic nitrogens is 7. The van der Waals surface area contributed by atoms with E-state index in [0.29, 0.717) is 22.4 Å². The first kappa shape index (κ1) is 18.0. The summed E-state index contributed by atoms with van der Waals surface area (Å²) >= 11 is 0. The van der Waals surface area contributed by atoms with Crippen molar-refractivity contribution in [1.29, 1.82) is 0 Å². The maximum Gasteiger partial charge on any atom is 0.164 e. The molecule has 4 aromatic heterocycles. The van der Waals surface area contributed by atoms with Crippen LogP contribution in [0, 0.1) is 0 Å². The Kier molecular flexibility index (Phi) is 4.21. The monoisotopic (exact) mass is 417 g/mol. The van der Waals surface area contributed by atoms with Crippen molar-refractivity contribution in [2.75, 3.05) is 0 Å². The zero-order valence-corrected chi connectivity index (χ0v) is 16.6. The van der Waals surface area contributed by atoms with Gasteiger partial charge in [0, 0.05) is 48.0 Å². The molecule has 0 amide bonds. The highest BCUT2D eigenvalue weighted by Gasteiger charge is 2.14. The molecule has 6 heterocycles. The summed E-state index contributed by atoms with van der Waals surface area (Å²) in [5.74, 6) is 0.967. The molecule has 0 bridgehead atoms. The summed E-state index contributed by atoms with van der Waals surface area (Å²) in [6, 6.07) is 7.80. The summed E-state index contributed by atoms with van der Waals surface area (Å²) in [4.78, 5) is 37.8. The highest BCUT2D eigenvalue weighted by Crippen LogP contribution is 2.34. The van der Waals surface area contributed by atoms with Crippen LogP contribution in [0.1, 0.15) is 0 Å². The Morgan fingerprint density at radius 1 is 0.594 bits per heavy atom. The third-order valence-corrected chi connectivity index (χ3v) is 5.14. The van der Waals surface area contributed by atoms with Crippen molar-refractivity contribution >= 4 is 33.4 Å². The Hall–Kier alpha value is -4.79. The smallest absolute Gasteiger partial charge is 0.164 e. The molecule has 0 spiro atoms. The van der Waals surface area contributed by atoms with E-state index >= 15 is 0 Å². The molecule has 0 aliphatic carbocycles. The first-order valence-electron chi connectivity index (χ1n) is 9.88. The van der Waals surface area contributed by atoms with Crippen LogP contribution in [0.4, 0.5) is 11.6 Å². The molecule has 2 N–H and O–H groups in total. The summed E-state index contributed by atoms with van der Waals surface area (Å²) in [5.41, 5.74) is 3.23. The molecule has 32 heavy (non-hydrogen) atoms. The fraction of sp³-hybridized carbons (Fsp3) is 0. The van der Waals surface area contributed by atoms with Crippen molar-refractivity contribution in [3.63, 3.8) is 0 Å². The number of nitrogens with zero attached hydrogens (tertiary/aromatic N) is 7. The third-order valence-electron chi connectivity index (χ3n) is 5.14. The number of hydrogen-bond acceptors (Lipinski definition) is 7. The van der Waals surface area contributed by atoms with Crippen molar-refractivity contribution in [3.8, 4) is 11.1 Å². The van der Waals surface area contributed by atoms with Gasteiger partial charge in [0.15, 0.2) is 11.6 Å². The predicted molar refractivity (Wildman–Crippen MR) is 119 cm³/mol.